The van der Waals surface area contributed by atoms with E-state index in [2.05, 4.69) is 34.6 Å². The predicted molar refractivity (Wildman–Crippen MR) is 414 cm³/mol. The van der Waals surface area contributed by atoms with Crippen molar-refractivity contribution >= 4 is 78.2 Å². The summed E-state index contributed by atoms with van der Waals surface area (Å²) >= 11 is 0. The van der Waals surface area contributed by atoms with Crippen LogP contribution in [0, 0.1) is 44.2 Å². The molecule has 0 unspecified atom stereocenters. The highest BCUT2D eigenvalue weighted by atomic mass is 35.7. The Hall–Kier alpha value is -9.73. The van der Waals surface area contributed by atoms with E-state index in [4.69, 9.17) is 35.4 Å². The number of methoxy groups -OCH3 is 4. The molecule has 4 aliphatic rings. The SMILES string of the molecule is COc1ccc(S(=O)(=O)Cl)c([N+](=O)[O-])c1.COc1ccc(S(=O)(=O)NC2CCCCC2)c(N=Nc2c(C)[nH]n(-c3ccccc3)c2=O)c1.COc1ccc(S(=O)(=O)NC2CCCCC2)c([N+](=O)[O-])c1.COc1ccc(S(=O)(=O)NC2CCCCC2)c([N+](=O)[O-])c1.Cc1cc(=O)n(-c2ccccc2)[nH]1.NC1CCCCC1. The van der Waals surface area contributed by atoms with Crippen LogP contribution in [-0.2, 0) is 39.1 Å². The number of rotatable bonds is 21. The third kappa shape index (κ3) is 25.7. The van der Waals surface area contributed by atoms with Crippen LogP contribution in [-0.4, -0.2) is 121 Å². The zero-order chi connectivity index (χ0) is 80.3. The fourth-order valence-electron chi connectivity index (χ4n) is 12.3. The van der Waals surface area contributed by atoms with Crippen LogP contribution in [0.25, 0.3) is 11.4 Å². The number of nitrogens with zero attached hydrogens (tertiary/aromatic N) is 7. The second kappa shape index (κ2) is 41.3. The van der Waals surface area contributed by atoms with E-state index in [-0.39, 0.29) is 72.6 Å². The second-order valence-corrected chi connectivity index (χ2v) is 33.6. The van der Waals surface area contributed by atoms with Gasteiger partial charge in [-0.15, -0.1) is 10.2 Å². The van der Waals surface area contributed by atoms with Gasteiger partial charge in [-0.05, 0) is 138 Å². The van der Waals surface area contributed by atoms with E-state index in [0.717, 1.165) is 132 Å². The normalized spacial score (nSPS) is 15.2. The standard InChI is InChI=1S/C23H27N5O4S.2C13H18N2O5S.C10H10N2O.C7H6ClNO5S.C6H13N/c1-16-22(23(29)28(26-16)18-11-7-4-8-12-18)25-24-20-15-19(32-2)13-14-21(20)33(30,31)27-17-9-5-3-6-10-17;2*1-20-11-7-8-13(12(9-11)15(16)17)21(18,19)14-10-5-3-2-4-6-10;1-8-7-10(13)12(11-8)9-5-3-2-4-6-9;1-14-5-2-3-7(15(8,12)13)6(4-5)9(10)11;7-6-4-2-1-3-5-6/h4,7-8,11-15,17,26-27H,3,5-6,9-10H2,1-2H3;2*7-10,14H,2-6H2,1H3;2-7,11H,1H3;2-4H,1H3;6H,1-5,7H2. The van der Waals surface area contributed by atoms with Crippen LogP contribution < -0.4 is 50.0 Å². The second-order valence-electron chi connectivity index (χ2n) is 26.0. The number of azo groups is 1. The maximum atomic E-state index is 13.1. The molecular weight excluding hydrogens is 1530 g/mol. The Morgan fingerprint density at radius 3 is 1.12 bits per heavy atom. The van der Waals surface area contributed by atoms with Gasteiger partial charge in [0.25, 0.3) is 37.2 Å². The van der Waals surface area contributed by atoms with Gasteiger partial charge in [-0.3, -0.25) is 50.1 Å². The summed E-state index contributed by atoms with van der Waals surface area (Å²) < 4.78 is 128. The predicted octanol–water partition coefficient (Wildman–Crippen LogP) is 13.2. The number of hydrogen-bond acceptors (Lipinski definition) is 23. The Morgan fingerprint density at radius 2 is 0.782 bits per heavy atom. The van der Waals surface area contributed by atoms with Crippen molar-refractivity contribution in [2.45, 2.75) is 186 Å². The molecular formula is C72H92ClN13O20S4. The van der Waals surface area contributed by atoms with Crippen LogP contribution >= 0.6 is 10.7 Å². The van der Waals surface area contributed by atoms with E-state index in [1.54, 1.807) is 31.2 Å². The number of nitrogens with one attached hydrogen (secondary N) is 5. The monoisotopic (exact) mass is 1620 g/mol. The van der Waals surface area contributed by atoms with Gasteiger partial charge in [0, 0.05) is 52.7 Å². The molecule has 4 saturated carbocycles. The maximum Gasteiger partial charge on any atom is 0.299 e. The van der Waals surface area contributed by atoms with E-state index >= 15 is 0 Å². The molecule has 6 aromatic carbocycles. The number of aryl methyl sites for hydroxylation is 2. The summed E-state index contributed by atoms with van der Waals surface area (Å²) in [5.41, 5.74) is 6.78. The number of benzene rings is 6. The topological polar surface area (TPSA) is 465 Å². The maximum absolute atomic E-state index is 13.1. The quantitative estimate of drug-likeness (QED) is 0.0168. The zero-order valence-electron chi connectivity index (χ0n) is 61.6. The highest BCUT2D eigenvalue weighted by molar-refractivity contribution is 8.13. The summed E-state index contributed by atoms with van der Waals surface area (Å²) in [4.78, 5) is 53.6. The molecule has 596 valence electrons. The number of hydrogen-bond donors (Lipinski definition) is 6. The van der Waals surface area contributed by atoms with Crippen LogP contribution in [0.2, 0.25) is 0 Å². The zero-order valence-corrected chi connectivity index (χ0v) is 65.6. The molecule has 0 aliphatic heterocycles. The Labute approximate surface area is 642 Å². The van der Waals surface area contributed by atoms with Gasteiger partial charge in [-0.1, -0.05) is 113 Å². The van der Waals surface area contributed by atoms with Crippen LogP contribution in [0.15, 0.2) is 179 Å². The number of nitro groups is 3. The Kier molecular flexibility index (Phi) is 32.9. The third-order valence-corrected chi connectivity index (χ3v) is 24.1. The molecule has 12 rings (SSSR count). The molecule has 0 bridgehead atoms. The number of aromatic amines is 2. The highest BCUT2D eigenvalue weighted by Gasteiger charge is 2.32. The van der Waals surface area contributed by atoms with Gasteiger partial charge in [-0.2, -0.15) is 0 Å². The molecule has 4 fully saturated rings. The van der Waals surface area contributed by atoms with E-state index in [1.807, 2.05) is 55.5 Å². The third-order valence-electron chi connectivity index (χ3n) is 18.0. The van der Waals surface area contributed by atoms with Crippen molar-refractivity contribution in [3.8, 4) is 34.4 Å². The first-order chi connectivity index (χ1) is 52.3. The largest absolute Gasteiger partial charge is 0.497 e. The number of nitrogens with two attached hydrogens (primary N) is 1. The number of ether oxygens (including phenoxy) is 4. The lowest BCUT2D eigenvalue weighted by molar-refractivity contribution is -0.388. The number of sulfonamides is 3. The lowest BCUT2D eigenvalue weighted by Gasteiger charge is -2.22. The number of H-pyrrole nitrogens is 2. The smallest absolute Gasteiger partial charge is 0.299 e. The van der Waals surface area contributed by atoms with Gasteiger partial charge in [0.15, 0.2) is 20.4 Å². The summed E-state index contributed by atoms with van der Waals surface area (Å²) in [5.74, 6) is 1.12. The molecule has 8 aromatic rings. The molecule has 2 heterocycles. The summed E-state index contributed by atoms with van der Waals surface area (Å²) in [6.45, 7) is 3.57. The molecule has 0 radical (unpaired) electrons. The Balaban J connectivity index is 0.000000193. The van der Waals surface area contributed by atoms with E-state index in [9.17, 15) is 73.6 Å². The van der Waals surface area contributed by atoms with Crippen molar-refractivity contribution in [3.05, 3.63) is 202 Å². The van der Waals surface area contributed by atoms with Crippen molar-refractivity contribution < 1.29 is 67.4 Å². The lowest BCUT2D eigenvalue weighted by Crippen LogP contribution is -2.36. The van der Waals surface area contributed by atoms with Gasteiger partial charge < -0.3 is 24.7 Å². The molecule has 38 heteroatoms. The van der Waals surface area contributed by atoms with Crippen LogP contribution in [0.1, 0.15) is 140 Å². The molecule has 4 aliphatic carbocycles. The molecule has 7 N–H and O–H groups in total. The van der Waals surface area contributed by atoms with Gasteiger partial charge >= 0.3 is 0 Å². The van der Waals surface area contributed by atoms with Crippen molar-refractivity contribution in [1.82, 2.24) is 33.7 Å². The average molecular weight is 1620 g/mol. The van der Waals surface area contributed by atoms with E-state index in [1.165, 1.54) is 112 Å². The summed E-state index contributed by atoms with van der Waals surface area (Å²) in [6.07, 6.45) is 20.6. The van der Waals surface area contributed by atoms with Gasteiger partial charge in [0.1, 0.15) is 33.6 Å². The van der Waals surface area contributed by atoms with Crippen molar-refractivity contribution in [2.24, 2.45) is 16.0 Å². The Morgan fingerprint density at radius 1 is 0.445 bits per heavy atom. The molecule has 2 aromatic heterocycles. The summed E-state index contributed by atoms with van der Waals surface area (Å²) in [7, 11) is -5.21. The van der Waals surface area contributed by atoms with Crippen LogP contribution in [0.4, 0.5) is 28.4 Å². The highest BCUT2D eigenvalue weighted by Crippen LogP contribution is 2.35. The number of aromatic nitrogens is 4. The molecule has 0 saturated heterocycles. The van der Waals surface area contributed by atoms with E-state index < -0.39 is 75.8 Å². The van der Waals surface area contributed by atoms with Crippen LogP contribution in [0.5, 0.6) is 23.0 Å². The fourth-order valence-corrected chi connectivity index (χ4v) is 17.7. The first-order valence-corrected chi connectivity index (χ1v) is 42.1. The minimum absolute atomic E-state index is 0.00537. The van der Waals surface area contributed by atoms with Crippen molar-refractivity contribution in [2.75, 3.05) is 28.4 Å². The summed E-state index contributed by atoms with van der Waals surface area (Å²) in [6, 6.07) is 35.6. The molecule has 110 heavy (non-hydrogen) atoms. The molecule has 0 amide bonds. The number of nitro benzene ring substituents is 3. The minimum atomic E-state index is -4.13. The Bertz CT molecular complexity index is 4930. The summed E-state index contributed by atoms with van der Waals surface area (Å²) in [5, 5.41) is 47.0. The number of para-hydroxylation sites is 2. The van der Waals surface area contributed by atoms with Gasteiger partial charge in [0.2, 0.25) is 30.1 Å². The fraction of sp³-hybridized carbons (Fsp3) is 0.417. The van der Waals surface area contributed by atoms with Gasteiger partial charge in [-0.25, -0.2) is 57.2 Å². The van der Waals surface area contributed by atoms with Crippen molar-refractivity contribution in [1.29, 1.82) is 0 Å². The minimum Gasteiger partial charge on any atom is -0.497 e. The molecule has 33 nitrogen and oxygen atoms in total. The lowest BCUT2D eigenvalue weighted by atomic mass is 9.96. The average Bonchev–Trinajstić information content (AvgIpc) is 0.959. The van der Waals surface area contributed by atoms with Crippen molar-refractivity contribution in [3.63, 3.8) is 0 Å². The van der Waals surface area contributed by atoms with E-state index in [0.29, 0.717) is 23.2 Å². The first kappa shape index (κ1) is 87.5. The van der Waals surface area contributed by atoms with Crippen LogP contribution in [0.3, 0.4) is 0 Å². The molecule has 0 atom stereocenters. The van der Waals surface area contributed by atoms with Gasteiger partial charge in [0.05, 0.1) is 78.5 Å². The molecule has 0 spiro atoms. The number of halogens is 1. The first-order valence-electron chi connectivity index (χ1n) is 35.3.